The lowest BCUT2D eigenvalue weighted by atomic mass is 9.94. The Morgan fingerprint density at radius 2 is 1.94 bits per heavy atom. The third-order valence-electron chi connectivity index (χ3n) is 6.19. The van der Waals surface area contributed by atoms with E-state index in [9.17, 15) is 8.42 Å². The second-order valence-electron chi connectivity index (χ2n) is 9.38. The molecule has 12 heteroatoms. The number of hydrogen-bond acceptors (Lipinski definition) is 4. The number of guanidine groups is 1. The van der Waals surface area contributed by atoms with E-state index in [1.807, 2.05) is 29.9 Å². The number of aliphatic imine (C=N–C) groups is 1. The summed E-state index contributed by atoms with van der Waals surface area (Å²) < 4.78 is 31.8. The van der Waals surface area contributed by atoms with Crippen LogP contribution in [0, 0.1) is 5.92 Å². The van der Waals surface area contributed by atoms with Crippen LogP contribution >= 0.6 is 23.2 Å². The second-order valence-corrected chi connectivity index (χ2v) is 11.9. The number of hydrogen-bond donors (Lipinski definition) is 3. The molecule has 0 aliphatic carbocycles. The van der Waals surface area contributed by atoms with E-state index in [2.05, 4.69) is 28.7 Å². The first-order chi connectivity index (χ1) is 16.5. The molecule has 2 heterocycles. The highest BCUT2D eigenvalue weighted by Gasteiger charge is 2.30. The van der Waals surface area contributed by atoms with Gasteiger partial charge in [-0.3, -0.25) is 9.67 Å². The zero-order chi connectivity index (χ0) is 25.8. The molecule has 1 aromatic heterocycles. The molecule has 1 atom stereocenters. The van der Waals surface area contributed by atoms with Crippen molar-refractivity contribution in [2.75, 3.05) is 19.6 Å². The van der Waals surface area contributed by atoms with Crippen LogP contribution in [-0.2, 0) is 17.3 Å². The lowest BCUT2D eigenvalue weighted by Gasteiger charge is -2.31. The van der Waals surface area contributed by atoms with Crippen molar-refractivity contribution in [2.45, 2.75) is 51.5 Å². The van der Waals surface area contributed by atoms with E-state index in [1.54, 1.807) is 6.07 Å². The molecule has 0 saturated carbocycles. The molecule has 0 bridgehead atoms. The Kier molecular flexibility index (Phi) is 9.45. The van der Waals surface area contributed by atoms with Gasteiger partial charge in [0.05, 0.1) is 21.8 Å². The molecule has 35 heavy (non-hydrogen) atoms. The third-order valence-corrected chi connectivity index (χ3v) is 8.63. The van der Waals surface area contributed by atoms with Crippen LogP contribution in [0.3, 0.4) is 0 Å². The molecule has 0 radical (unpaired) electrons. The molecule has 1 aliphatic rings. The average Bonchev–Trinajstić information content (AvgIpc) is 3.16. The molecule has 0 amide bonds. The Morgan fingerprint density at radius 3 is 2.57 bits per heavy atom. The van der Waals surface area contributed by atoms with Crippen molar-refractivity contribution >= 4 is 39.4 Å². The molecule has 1 saturated heterocycles. The summed E-state index contributed by atoms with van der Waals surface area (Å²) in [6.45, 7) is 5.31. The predicted molar refractivity (Wildman–Crippen MR) is 143 cm³/mol. The van der Waals surface area contributed by atoms with Crippen LogP contribution in [0.5, 0.6) is 0 Å². The summed E-state index contributed by atoms with van der Waals surface area (Å²) in [7, 11) is -1.69. The molecule has 0 unspecified atom stereocenters. The highest BCUT2D eigenvalue weighted by Crippen LogP contribution is 2.36. The fourth-order valence-corrected chi connectivity index (χ4v) is 6.17. The summed E-state index contributed by atoms with van der Waals surface area (Å²) in [5.41, 5.74) is 13.6. The van der Waals surface area contributed by atoms with E-state index < -0.39 is 10.2 Å². The molecular weight excluding hydrogens is 509 g/mol. The Hall–Kier alpha value is -1.85. The third kappa shape index (κ3) is 7.33. The minimum absolute atomic E-state index is 0.0246. The maximum Gasteiger partial charge on any atom is 0.279 e. The fourth-order valence-electron chi connectivity index (χ4n) is 4.52. The number of rotatable bonds is 10. The summed E-state index contributed by atoms with van der Waals surface area (Å²) >= 11 is 12.5. The normalized spacial score (nSPS) is 16.5. The fraction of sp³-hybridized carbons (Fsp3) is 0.565. The van der Waals surface area contributed by atoms with Crippen molar-refractivity contribution < 1.29 is 8.42 Å². The Bertz CT molecular complexity index is 1140. The topological polar surface area (TPSA) is 132 Å². The molecule has 194 valence electrons. The smallest absolute Gasteiger partial charge is 0.279 e. The molecule has 1 aliphatic heterocycles. The van der Waals surface area contributed by atoms with Gasteiger partial charge in [-0.25, -0.2) is 4.72 Å². The zero-order valence-electron chi connectivity index (χ0n) is 20.4. The first-order valence-electron chi connectivity index (χ1n) is 11.8. The number of piperidine rings is 1. The first kappa shape index (κ1) is 27.7. The number of nitrogens with two attached hydrogens (primary N) is 2. The summed E-state index contributed by atoms with van der Waals surface area (Å²) in [4.78, 5) is 4.23. The standard InChI is InChI=1S/C23H35Cl2N7O2S/c1-15(2)13-17(29-23(26)27)7-10-28-35(33,34)32-11-8-16(9-12-32)21-14-20(30-31(21)3)18-5-4-6-19(24)22(18)25/h4-6,14-17,28H,7-13H2,1-3H3,(H4,26,27,29)/t17-/m0/s1. The average molecular weight is 545 g/mol. The Labute approximate surface area is 218 Å². The molecule has 5 N–H and O–H groups in total. The number of aryl methyl sites for hydroxylation is 1. The van der Waals surface area contributed by atoms with Gasteiger partial charge in [0.25, 0.3) is 10.2 Å². The first-order valence-corrected chi connectivity index (χ1v) is 14.0. The van der Waals surface area contributed by atoms with Crippen LogP contribution in [0.4, 0.5) is 0 Å². The predicted octanol–water partition coefficient (Wildman–Crippen LogP) is 3.49. The van der Waals surface area contributed by atoms with Gasteiger partial charge in [-0.1, -0.05) is 49.2 Å². The van der Waals surface area contributed by atoms with Gasteiger partial charge in [0.1, 0.15) is 0 Å². The van der Waals surface area contributed by atoms with E-state index in [4.69, 9.17) is 34.7 Å². The highest BCUT2D eigenvalue weighted by molar-refractivity contribution is 7.87. The molecule has 1 aromatic carbocycles. The van der Waals surface area contributed by atoms with Gasteiger partial charge in [0, 0.05) is 43.9 Å². The molecule has 9 nitrogen and oxygen atoms in total. The monoisotopic (exact) mass is 543 g/mol. The minimum atomic E-state index is -3.58. The molecule has 3 rings (SSSR count). The van der Waals surface area contributed by atoms with Gasteiger partial charge >= 0.3 is 0 Å². The maximum absolute atomic E-state index is 12.9. The number of nitrogens with zero attached hydrogens (tertiary/aromatic N) is 4. The van der Waals surface area contributed by atoms with Gasteiger partial charge in [-0.15, -0.1) is 0 Å². The summed E-state index contributed by atoms with van der Waals surface area (Å²) in [6.07, 6.45) is 2.73. The summed E-state index contributed by atoms with van der Waals surface area (Å²) in [6, 6.07) is 7.38. The largest absolute Gasteiger partial charge is 0.370 e. The number of aromatic nitrogens is 2. The van der Waals surface area contributed by atoms with E-state index in [1.165, 1.54) is 4.31 Å². The Morgan fingerprint density at radius 1 is 1.26 bits per heavy atom. The van der Waals surface area contributed by atoms with Crippen LogP contribution in [0.2, 0.25) is 10.0 Å². The molecule has 2 aromatic rings. The van der Waals surface area contributed by atoms with E-state index in [0.29, 0.717) is 48.3 Å². The van der Waals surface area contributed by atoms with Gasteiger partial charge in [-0.2, -0.15) is 17.8 Å². The van der Waals surface area contributed by atoms with Crippen LogP contribution in [0.1, 0.15) is 51.1 Å². The number of nitrogens with one attached hydrogen (secondary N) is 1. The van der Waals surface area contributed by atoms with Crippen LogP contribution < -0.4 is 16.2 Å². The van der Waals surface area contributed by atoms with Gasteiger partial charge in [0.15, 0.2) is 5.96 Å². The van der Waals surface area contributed by atoms with E-state index in [0.717, 1.165) is 23.4 Å². The Balaban J connectivity index is 1.59. The number of benzene rings is 1. The molecule has 1 fully saturated rings. The minimum Gasteiger partial charge on any atom is -0.370 e. The maximum atomic E-state index is 12.9. The van der Waals surface area contributed by atoms with Crippen LogP contribution in [0.25, 0.3) is 11.3 Å². The van der Waals surface area contributed by atoms with Crippen LogP contribution in [0.15, 0.2) is 29.3 Å². The summed E-state index contributed by atoms with van der Waals surface area (Å²) in [5, 5.41) is 5.58. The van der Waals surface area contributed by atoms with Crippen molar-refractivity contribution in [2.24, 2.45) is 29.4 Å². The lowest BCUT2D eigenvalue weighted by Crippen LogP contribution is -2.45. The van der Waals surface area contributed by atoms with E-state index in [-0.39, 0.29) is 24.5 Å². The van der Waals surface area contributed by atoms with Gasteiger partial charge < -0.3 is 11.5 Å². The number of halogens is 2. The van der Waals surface area contributed by atoms with Gasteiger partial charge in [0.2, 0.25) is 0 Å². The van der Waals surface area contributed by atoms with E-state index >= 15 is 0 Å². The lowest BCUT2D eigenvalue weighted by molar-refractivity contribution is 0.309. The van der Waals surface area contributed by atoms with Crippen molar-refractivity contribution in [3.63, 3.8) is 0 Å². The summed E-state index contributed by atoms with van der Waals surface area (Å²) in [5.74, 6) is 0.626. The SMILES string of the molecule is CC(C)C[C@H](CCNS(=O)(=O)N1CCC(c2cc(-c3cccc(Cl)c3Cl)nn2C)CC1)N=C(N)N. The molecule has 0 spiro atoms. The van der Waals surface area contributed by atoms with Crippen molar-refractivity contribution in [3.8, 4) is 11.3 Å². The van der Waals surface area contributed by atoms with Crippen molar-refractivity contribution in [3.05, 3.63) is 40.0 Å². The highest BCUT2D eigenvalue weighted by atomic mass is 35.5. The van der Waals surface area contributed by atoms with Crippen molar-refractivity contribution in [1.82, 2.24) is 18.8 Å². The quantitative estimate of drug-likeness (QED) is 0.311. The van der Waals surface area contributed by atoms with Crippen LogP contribution in [-0.4, -0.2) is 54.1 Å². The molecular formula is C23H35Cl2N7O2S. The van der Waals surface area contributed by atoms with Gasteiger partial charge in [-0.05, 0) is 43.7 Å². The zero-order valence-corrected chi connectivity index (χ0v) is 22.7. The van der Waals surface area contributed by atoms with Crippen molar-refractivity contribution in [1.29, 1.82) is 0 Å². The second kappa shape index (κ2) is 11.9.